The van der Waals surface area contributed by atoms with Crippen molar-refractivity contribution in [3.63, 3.8) is 0 Å². The number of nitrogens with zero attached hydrogens (tertiary/aromatic N) is 5. The van der Waals surface area contributed by atoms with E-state index in [1.807, 2.05) is 4.90 Å². The number of carbonyl (C=O) groups excluding carboxylic acids is 1. The second-order valence-corrected chi connectivity index (χ2v) is 4.56. The predicted octanol–water partition coefficient (Wildman–Crippen LogP) is -1.48. The standard InChI is InChI=1S/C11H14N8O/c12-9-8-10(18-11(13)17-9)15-3-6(16-8)4-19-2-1-14-7(20)5-19/h3H,1-2,4-5H2,(H,14,20)(H4,12,13,15,17,18). The van der Waals surface area contributed by atoms with Crippen molar-refractivity contribution in [1.82, 2.24) is 30.2 Å². The molecule has 0 aromatic carbocycles. The van der Waals surface area contributed by atoms with Crippen LogP contribution >= 0.6 is 0 Å². The molecule has 0 bridgehead atoms. The number of rotatable bonds is 2. The van der Waals surface area contributed by atoms with E-state index < -0.39 is 0 Å². The number of fused-ring (bicyclic) bond motifs is 1. The van der Waals surface area contributed by atoms with Crippen molar-refractivity contribution in [2.75, 3.05) is 31.1 Å². The first kappa shape index (κ1) is 12.5. The lowest BCUT2D eigenvalue weighted by Crippen LogP contribution is -2.47. The Labute approximate surface area is 114 Å². The van der Waals surface area contributed by atoms with E-state index in [-0.39, 0.29) is 17.7 Å². The SMILES string of the molecule is Nc1nc(N)c2nc(CN3CCNC(=O)C3)cnc2n1. The Kier molecular flexibility index (Phi) is 3.03. The van der Waals surface area contributed by atoms with Crippen molar-refractivity contribution in [2.24, 2.45) is 0 Å². The number of carbonyl (C=O) groups is 1. The van der Waals surface area contributed by atoms with Crippen LogP contribution in [0.25, 0.3) is 11.2 Å². The van der Waals surface area contributed by atoms with Crippen LogP contribution in [0.4, 0.5) is 11.8 Å². The van der Waals surface area contributed by atoms with E-state index >= 15 is 0 Å². The number of hydrogen-bond donors (Lipinski definition) is 3. The molecular weight excluding hydrogens is 260 g/mol. The number of hydrogen-bond acceptors (Lipinski definition) is 8. The summed E-state index contributed by atoms with van der Waals surface area (Å²) >= 11 is 0. The van der Waals surface area contributed by atoms with Crippen LogP contribution in [0, 0.1) is 0 Å². The smallest absolute Gasteiger partial charge is 0.234 e. The maximum absolute atomic E-state index is 11.3. The van der Waals surface area contributed by atoms with Crippen LogP contribution in [0.2, 0.25) is 0 Å². The van der Waals surface area contributed by atoms with E-state index in [0.29, 0.717) is 36.5 Å². The summed E-state index contributed by atoms with van der Waals surface area (Å²) in [6.45, 7) is 2.30. The van der Waals surface area contributed by atoms with E-state index in [2.05, 4.69) is 25.3 Å². The summed E-state index contributed by atoms with van der Waals surface area (Å²) in [5.74, 6) is 0.295. The zero-order valence-electron chi connectivity index (χ0n) is 10.7. The van der Waals surface area contributed by atoms with Gasteiger partial charge in [-0.15, -0.1) is 0 Å². The monoisotopic (exact) mass is 274 g/mol. The van der Waals surface area contributed by atoms with E-state index in [0.717, 1.165) is 6.54 Å². The van der Waals surface area contributed by atoms with Crippen molar-refractivity contribution in [3.8, 4) is 0 Å². The van der Waals surface area contributed by atoms with Gasteiger partial charge in [-0.3, -0.25) is 9.69 Å². The summed E-state index contributed by atoms with van der Waals surface area (Å²) in [5, 5.41) is 2.77. The molecule has 1 saturated heterocycles. The highest BCUT2D eigenvalue weighted by atomic mass is 16.2. The molecule has 0 saturated carbocycles. The molecule has 104 valence electrons. The molecule has 0 spiro atoms. The average molecular weight is 274 g/mol. The lowest BCUT2D eigenvalue weighted by molar-refractivity contribution is -0.124. The number of piperazine rings is 1. The van der Waals surface area contributed by atoms with Crippen LogP contribution in [-0.4, -0.2) is 50.4 Å². The molecule has 0 unspecified atom stereocenters. The van der Waals surface area contributed by atoms with E-state index in [9.17, 15) is 4.79 Å². The summed E-state index contributed by atoms with van der Waals surface area (Å²) in [7, 11) is 0. The number of aromatic nitrogens is 4. The van der Waals surface area contributed by atoms with Gasteiger partial charge in [0, 0.05) is 19.6 Å². The minimum Gasteiger partial charge on any atom is -0.382 e. The average Bonchev–Trinajstić information content (AvgIpc) is 2.39. The molecule has 9 heteroatoms. The molecule has 3 heterocycles. The topological polar surface area (TPSA) is 136 Å². The van der Waals surface area contributed by atoms with Gasteiger partial charge in [-0.05, 0) is 0 Å². The fourth-order valence-corrected chi connectivity index (χ4v) is 2.11. The molecule has 3 rings (SSSR count). The number of amides is 1. The normalized spacial score (nSPS) is 16.3. The Morgan fingerprint density at radius 2 is 2.15 bits per heavy atom. The molecular formula is C11H14N8O. The third-order valence-corrected chi connectivity index (χ3v) is 3.00. The highest BCUT2D eigenvalue weighted by molar-refractivity contribution is 5.81. The van der Waals surface area contributed by atoms with Gasteiger partial charge in [0.1, 0.15) is 0 Å². The number of nitrogen functional groups attached to an aromatic ring is 2. The molecule has 20 heavy (non-hydrogen) atoms. The fraction of sp³-hybridized carbons (Fsp3) is 0.364. The highest BCUT2D eigenvalue weighted by Crippen LogP contribution is 2.15. The second-order valence-electron chi connectivity index (χ2n) is 4.56. The van der Waals surface area contributed by atoms with Crippen LogP contribution in [0.1, 0.15) is 5.69 Å². The van der Waals surface area contributed by atoms with Crippen LogP contribution in [0.15, 0.2) is 6.20 Å². The zero-order chi connectivity index (χ0) is 14.1. The van der Waals surface area contributed by atoms with Crippen molar-refractivity contribution in [1.29, 1.82) is 0 Å². The maximum Gasteiger partial charge on any atom is 0.234 e. The first-order valence-electron chi connectivity index (χ1n) is 6.15. The zero-order valence-corrected chi connectivity index (χ0v) is 10.7. The molecule has 1 aliphatic rings. The Morgan fingerprint density at radius 3 is 2.95 bits per heavy atom. The van der Waals surface area contributed by atoms with Gasteiger partial charge in [-0.25, -0.2) is 9.97 Å². The number of anilines is 2. The predicted molar refractivity (Wildman–Crippen MR) is 72.2 cm³/mol. The van der Waals surface area contributed by atoms with E-state index in [1.54, 1.807) is 6.20 Å². The van der Waals surface area contributed by atoms with Gasteiger partial charge in [-0.2, -0.15) is 9.97 Å². The van der Waals surface area contributed by atoms with Gasteiger partial charge in [0.25, 0.3) is 0 Å². The maximum atomic E-state index is 11.3. The molecule has 2 aromatic heterocycles. The highest BCUT2D eigenvalue weighted by Gasteiger charge is 2.17. The van der Waals surface area contributed by atoms with Crippen molar-refractivity contribution < 1.29 is 4.79 Å². The Hall–Kier alpha value is -2.55. The van der Waals surface area contributed by atoms with E-state index in [4.69, 9.17) is 11.5 Å². The molecule has 1 aliphatic heterocycles. The summed E-state index contributed by atoms with van der Waals surface area (Å²) in [4.78, 5) is 29.7. The summed E-state index contributed by atoms with van der Waals surface area (Å²) in [6.07, 6.45) is 1.61. The van der Waals surface area contributed by atoms with Gasteiger partial charge in [0.05, 0.1) is 18.4 Å². The van der Waals surface area contributed by atoms with Crippen molar-refractivity contribution in [2.45, 2.75) is 6.54 Å². The largest absolute Gasteiger partial charge is 0.382 e. The minimum atomic E-state index is 0.0145. The van der Waals surface area contributed by atoms with Crippen LogP contribution in [0.5, 0.6) is 0 Å². The van der Waals surface area contributed by atoms with Gasteiger partial charge in [0.15, 0.2) is 17.0 Å². The molecule has 0 aliphatic carbocycles. The molecule has 9 nitrogen and oxygen atoms in total. The Balaban J connectivity index is 1.87. The molecule has 1 fully saturated rings. The van der Waals surface area contributed by atoms with Crippen LogP contribution in [0.3, 0.4) is 0 Å². The van der Waals surface area contributed by atoms with Crippen molar-refractivity contribution in [3.05, 3.63) is 11.9 Å². The van der Waals surface area contributed by atoms with Gasteiger partial charge < -0.3 is 16.8 Å². The number of nitrogens with one attached hydrogen (secondary N) is 1. The number of nitrogens with two attached hydrogens (primary N) is 2. The molecule has 5 N–H and O–H groups in total. The summed E-state index contributed by atoms with van der Waals surface area (Å²) < 4.78 is 0. The molecule has 2 aromatic rings. The third-order valence-electron chi connectivity index (χ3n) is 3.00. The molecule has 1 amide bonds. The lowest BCUT2D eigenvalue weighted by Gasteiger charge is -2.25. The fourth-order valence-electron chi connectivity index (χ4n) is 2.11. The molecule has 0 atom stereocenters. The Morgan fingerprint density at radius 1 is 1.30 bits per heavy atom. The van der Waals surface area contributed by atoms with Crippen molar-refractivity contribution >= 4 is 28.8 Å². The van der Waals surface area contributed by atoms with E-state index in [1.165, 1.54) is 0 Å². The summed E-state index contributed by atoms with van der Waals surface area (Å²) in [6, 6.07) is 0. The minimum absolute atomic E-state index is 0.0145. The Bertz CT molecular complexity index is 673. The van der Waals surface area contributed by atoms with Crippen LogP contribution in [-0.2, 0) is 11.3 Å². The van der Waals surface area contributed by atoms with Crippen LogP contribution < -0.4 is 16.8 Å². The molecule has 0 radical (unpaired) electrons. The van der Waals surface area contributed by atoms with Gasteiger partial charge in [0.2, 0.25) is 11.9 Å². The van der Waals surface area contributed by atoms with Gasteiger partial charge in [-0.1, -0.05) is 0 Å². The first-order chi connectivity index (χ1) is 9.61. The van der Waals surface area contributed by atoms with Gasteiger partial charge >= 0.3 is 0 Å². The first-order valence-corrected chi connectivity index (χ1v) is 6.15. The third kappa shape index (κ3) is 2.43. The second kappa shape index (κ2) is 4.85. The quantitative estimate of drug-likeness (QED) is 0.603. The summed E-state index contributed by atoms with van der Waals surface area (Å²) in [5.41, 5.74) is 12.8. The lowest BCUT2D eigenvalue weighted by atomic mass is 10.3.